The third kappa shape index (κ3) is 7.48. The van der Waals surface area contributed by atoms with E-state index in [0.717, 1.165) is 5.56 Å². The second-order valence-corrected chi connectivity index (χ2v) is 8.64. The van der Waals surface area contributed by atoms with Crippen molar-refractivity contribution in [2.45, 2.75) is 13.0 Å². The SMILES string of the molecule is COc1cc(C=NNC(=O)CC(=O)Nc2ccccc2)cc(Br)c1OCc1ccc(Cl)cc1Cl. The first-order chi connectivity index (χ1) is 16.4. The van der Waals surface area contributed by atoms with Crippen molar-refractivity contribution in [1.29, 1.82) is 0 Å². The summed E-state index contributed by atoms with van der Waals surface area (Å²) in [5.74, 6) is -0.0529. The van der Waals surface area contributed by atoms with Crippen LogP contribution in [0.5, 0.6) is 11.5 Å². The number of nitrogens with zero attached hydrogens (tertiary/aromatic N) is 1. The Hall–Kier alpha value is -3.07. The molecule has 0 atom stereocenters. The van der Waals surface area contributed by atoms with Gasteiger partial charge in [-0.2, -0.15) is 5.10 Å². The van der Waals surface area contributed by atoms with Crippen LogP contribution in [0, 0.1) is 0 Å². The summed E-state index contributed by atoms with van der Waals surface area (Å²) in [4.78, 5) is 23.9. The molecule has 0 saturated carbocycles. The highest BCUT2D eigenvalue weighted by Crippen LogP contribution is 2.37. The molecule has 7 nitrogen and oxygen atoms in total. The van der Waals surface area contributed by atoms with Crippen molar-refractivity contribution in [3.8, 4) is 11.5 Å². The van der Waals surface area contributed by atoms with E-state index in [9.17, 15) is 9.59 Å². The predicted molar refractivity (Wildman–Crippen MR) is 137 cm³/mol. The van der Waals surface area contributed by atoms with Crippen LogP contribution >= 0.6 is 39.1 Å². The van der Waals surface area contributed by atoms with Gasteiger partial charge in [0.25, 0.3) is 0 Å². The smallest absolute Gasteiger partial charge is 0.249 e. The van der Waals surface area contributed by atoms with Crippen LogP contribution in [0.15, 0.2) is 70.2 Å². The van der Waals surface area contributed by atoms with Crippen LogP contribution in [0.4, 0.5) is 5.69 Å². The Morgan fingerprint density at radius 2 is 1.82 bits per heavy atom. The molecule has 0 saturated heterocycles. The minimum atomic E-state index is -0.546. The Bertz CT molecular complexity index is 1210. The summed E-state index contributed by atoms with van der Waals surface area (Å²) in [5.41, 5.74) is 4.35. The first kappa shape index (κ1) is 25.6. The molecule has 3 aromatic carbocycles. The summed E-state index contributed by atoms with van der Waals surface area (Å²) >= 11 is 15.6. The molecule has 34 heavy (non-hydrogen) atoms. The van der Waals surface area contributed by atoms with Gasteiger partial charge in [-0.15, -0.1) is 0 Å². The molecule has 0 radical (unpaired) electrons. The van der Waals surface area contributed by atoms with Gasteiger partial charge in [0.1, 0.15) is 13.0 Å². The van der Waals surface area contributed by atoms with Gasteiger partial charge in [-0.05, 0) is 57.9 Å². The van der Waals surface area contributed by atoms with E-state index in [-0.39, 0.29) is 13.0 Å². The standard InChI is InChI=1S/C24H20BrCl2N3O4/c1-33-21-10-15(9-19(25)24(21)34-14-16-7-8-17(26)11-20(16)27)13-28-30-23(32)12-22(31)29-18-5-3-2-4-6-18/h2-11,13H,12,14H2,1H3,(H,29,31)(H,30,32). The number of carbonyl (C=O) groups is 2. The molecule has 2 N–H and O–H groups in total. The fraction of sp³-hybridized carbons (Fsp3) is 0.125. The fourth-order valence-electron chi connectivity index (χ4n) is 2.83. The van der Waals surface area contributed by atoms with E-state index in [1.807, 2.05) is 6.07 Å². The molecule has 10 heteroatoms. The summed E-state index contributed by atoms with van der Waals surface area (Å²) < 4.78 is 11.9. The zero-order valence-corrected chi connectivity index (χ0v) is 21.1. The molecule has 0 bridgehead atoms. The van der Waals surface area contributed by atoms with Crippen molar-refractivity contribution < 1.29 is 19.1 Å². The van der Waals surface area contributed by atoms with E-state index in [2.05, 4.69) is 31.8 Å². The van der Waals surface area contributed by atoms with Crippen LogP contribution in [-0.4, -0.2) is 25.1 Å². The number of amides is 2. The highest BCUT2D eigenvalue weighted by molar-refractivity contribution is 9.10. The molecule has 0 fully saturated rings. The first-order valence-electron chi connectivity index (χ1n) is 9.96. The Morgan fingerprint density at radius 3 is 2.53 bits per heavy atom. The van der Waals surface area contributed by atoms with Gasteiger partial charge < -0.3 is 14.8 Å². The average molecular weight is 565 g/mol. The molecular weight excluding hydrogens is 545 g/mol. The Labute approximate surface area is 215 Å². The van der Waals surface area contributed by atoms with Gasteiger partial charge in [-0.3, -0.25) is 9.59 Å². The van der Waals surface area contributed by atoms with Gasteiger partial charge in [0, 0.05) is 21.3 Å². The zero-order valence-electron chi connectivity index (χ0n) is 18.0. The van der Waals surface area contributed by atoms with Gasteiger partial charge in [0.2, 0.25) is 11.8 Å². The molecule has 0 aliphatic carbocycles. The van der Waals surface area contributed by atoms with Crippen LogP contribution < -0.4 is 20.2 Å². The van der Waals surface area contributed by atoms with E-state index >= 15 is 0 Å². The summed E-state index contributed by atoms with van der Waals surface area (Å²) in [7, 11) is 1.51. The number of ether oxygens (including phenoxy) is 2. The second-order valence-electron chi connectivity index (χ2n) is 6.94. The van der Waals surface area contributed by atoms with Crippen LogP contribution in [0.25, 0.3) is 0 Å². The fourth-order valence-corrected chi connectivity index (χ4v) is 3.87. The number of rotatable bonds is 9. The first-order valence-corrected chi connectivity index (χ1v) is 11.5. The van der Waals surface area contributed by atoms with E-state index in [1.54, 1.807) is 54.6 Å². The van der Waals surface area contributed by atoms with Gasteiger partial charge in [0.05, 0.1) is 17.8 Å². The van der Waals surface area contributed by atoms with Crippen molar-refractivity contribution >= 4 is 62.8 Å². The Morgan fingerprint density at radius 1 is 1.06 bits per heavy atom. The number of halogens is 3. The molecule has 3 aromatic rings. The number of methoxy groups -OCH3 is 1. The molecule has 176 valence electrons. The minimum Gasteiger partial charge on any atom is -0.493 e. The summed E-state index contributed by atoms with van der Waals surface area (Å²) in [6.45, 7) is 0.208. The number of hydrogen-bond acceptors (Lipinski definition) is 5. The van der Waals surface area contributed by atoms with E-state index in [4.69, 9.17) is 32.7 Å². The molecule has 0 heterocycles. The maximum absolute atomic E-state index is 12.0. The van der Waals surface area contributed by atoms with Crippen LogP contribution in [-0.2, 0) is 16.2 Å². The highest BCUT2D eigenvalue weighted by atomic mass is 79.9. The number of hydrazone groups is 1. The quantitative estimate of drug-likeness (QED) is 0.195. The van der Waals surface area contributed by atoms with Crippen LogP contribution in [0.2, 0.25) is 10.0 Å². The molecular formula is C24H20BrCl2N3O4. The summed E-state index contributed by atoms with van der Waals surface area (Å²) in [6, 6.07) is 17.5. The van der Waals surface area contributed by atoms with E-state index in [1.165, 1.54) is 13.3 Å². The normalized spacial score (nSPS) is 10.7. The number of para-hydroxylation sites is 1. The number of hydrogen-bond donors (Lipinski definition) is 2. The van der Waals surface area contributed by atoms with Crippen LogP contribution in [0.1, 0.15) is 17.5 Å². The third-order valence-corrected chi connectivity index (χ3v) is 5.60. The maximum atomic E-state index is 12.0. The Kier molecular flexibility index (Phi) is 9.33. The highest BCUT2D eigenvalue weighted by Gasteiger charge is 2.13. The predicted octanol–water partition coefficient (Wildman–Crippen LogP) is 5.82. The lowest BCUT2D eigenvalue weighted by atomic mass is 10.2. The van der Waals surface area contributed by atoms with E-state index in [0.29, 0.717) is 37.3 Å². The van der Waals surface area contributed by atoms with Crippen molar-refractivity contribution in [2.75, 3.05) is 12.4 Å². The maximum Gasteiger partial charge on any atom is 0.249 e. The Balaban J connectivity index is 1.58. The lowest BCUT2D eigenvalue weighted by Crippen LogP contribution is -2.24. The number of anilines is 1. The average Bonchev–Trinajstić information content (AvgIpc) is 2.79. The van der Waals surface area contributed by atoms with Gasteiger partial charge in [-0.1, -0.05) is 47.5 Å². The largest absolute Gasteiger partial charge is 0.493 e. The minimum absolute atomic E-state index is 0.208. The monoisotopic (exact) mass is 563 g/mol. The summed E-state index contributed by atoms with van der Waals surface area (Å²) in [6.07, 6.45) is 1.07. The van der Waals surface area contributed by atoms with Crippen molar-refractivity contribution in [3.05, 3.63) is 86.3 Å². The van der Waals surface area contributed by atoms with Crippen LogP contribution in [0.3, 0.4) is 0 Å². The molecule has 0 aromatic heterocycles. The third-order valence-electron chi connectivity index (χ3n) is 4.42. The molecule has 0 spiro atoms. The number of carbonyl (C=O) groups excluding carboxylic acids is 2. The van der Waals surface area contributed by atoms with Crippen molar-refractivity contribution in [1.82, 2.24) is 5.43 Å². The lowest BCUT2D eigenvalue weighted by Gasteiger charge is -2.14. The summed E-state index contributed by atoms with van der Waals surface area (Å²) in [5, 5.41) is 7.59. The van der Waals surface area contributed by atoms with Gasteiger partial charge >= 0.3 is 0 Å². The molecule has 0 aliphatic rings. The number of nitrogens with one attached hydrogen (secondary N) is 2. The van der Waals surface area contributed by atoms with Gasteiger partial charge in [0.15, 0.2) is 11.5 Å². The topological polar surface area (TPSA) is 89.0 Å². The molecule has 0 aliphatic heterocycles. The van der Waals surface area contributed by atoms with Crippen molar-refractivity contribution in [3.63, 3.8) is 0 Å². The second kappa shape index (κ2) is 12.4. The zero-order chi connectivity index (χ0) is 24.5. The number of benzene rings is 3. The van der Waals surface area contributed by atoms with E-state index < -0.39 is 11.8 Å². The molecule has 0 unspecified atom stereocenters. The molecule has 3 rings (SSSR count). The molecule has 2 amide bonds. The van der Waals surface area contributed by atoms with Crippen molar-refractivity contribution in [2.24, 2.45) is 5.10 Å². The lowest BCUT2D eigenvalue weighted by molar-refractivity contribution is -0.126. The van der Waals surface area contributed by atoms with Gasteiger partial charge in [-0.25, -0.2) is 5.43 Å².